The van der Waals surface area contributed by atoms with E-state index in [-0.39, 0.29) is 0 Å². The molecule has 2 saturated carbocycles. The van der Waals surface area contributed by atoms with Gasteiger partial charge in [-0.05, 0) is 49.7 Å². The third-order valence-electron chi connectivity index (χ3n) is 4.77. The maximum Gasteiger partial charge on any atom is 0.114 e. The largest absolute Gasteiger partial charge is 0.231 e. The Hall–Kier alpha value is -1.73. The van der Waals surface area contributed by atoms with Crippen molar-refractivity contribution >= 4 is 0 Å². The third-order valence-corrected chi connectivity index (χ3v) is 4.77. The molecule has 0 spiro atoms. The van der Waals surface area contributed by atoms with Crippen molar-refractivity contribution in [1.29, 1.82) is 0 Å². The molecule has 0 bridgehead atoms. The second-order valence-corrected chi connectivity index (χ2v) is 6.62. The molecule has 1 heteroatoms. The fourth-order valence-corrected chi connectivity index (χ4v) is 3.42. The van der Waals surface area contributed by atoms with Crippen LogP contribution in [0.1, 0.15) is 75.6 Å². The number of hydrogen-bond donors (Lipinski definition) is 0. The molecule has 1 aromatic rings. The van der Waals surface area contributed by atoms with Crippen molar-refractivity contribution in [2.45, 2.75) is 64.2 Å². The predicted octanol–water partition coefficient (Wildman–Crippen LogP) is 4.95. The van der Waals surface area contributed by atoms with Crippen molar-refractivity contribution < 1.29 is 0 Å². The molecule has 1 heterocycles. The summed E-state index contributed by atoms with van der Waals surface area (Å²) in [6, 6.07) is 6.03. The smallest absolute Gasteiger partial charge is 0.114 e. The van der Waals surface area contributed by atoms with Gasteiger partial charge >= 0.3 is 0 Å². The minimum atomic E-state index is 0.576. The van der Waals surface area contributed by atoms with Gasteiger partial charge in [0, 0.05) is 11.8 Å². The van der Waals surface area contributed by atoms with Crippen LogP contribution in [0.15, 0.2) is 18.2 Å². The molecule has 0 radical (unpaired) electrons. The van der Waals surface area contributed by atoms with Crippen LogP contribution >= 0.6 is 0 Å². The quantitative estimate of drug-likeness (QED) is 0.617. The Morgan fingerprint density at radius 3 is 1.59 bits per heavy atom. The molecule has 3 rings (SSSR count). The number of aromatic nitrogens is 1. The van der Waals surface area contributed by atoms with Gasteiger partial charge < -0.3 is 0 Å². The van der Waals surface area contributed by atoms with Gasteiger partial charge in [0.25, 0.3) is 0 Å². The molecule has 0 saturated heterocycles. The topological polar surface area (TPSA) is 12.9 Å². The lowest BCUT2D eigenvalue weighted by atomic mass is 9.90. The summed E-state index contributed by atoms with van der Waals surface area (Å²) >= 11 is 0. The van der Waals surface area contributed by atoms with Crippen molar-refractivity contribution in [3.8, 4) is 23.7 Å². The van der Waals surface area contributed by atoms with Crippen LogP contribution in [0.5, 0.6) is 0 Å². The van der Waals surface area contributed by atoms with Crippen molar-refractivity contribution in [3.05, 3.63) is 29.6 Å². The molecule has 1 nitrogen and oxygen atoms in total. The number of rotatable bonds is 0. The third kappa shape index (κ3) is 4.64. The zero-order valence-corrected chi connectivity index (χ0v) is 13.4. The monoisotopic (exact) mass is 291 g/mol. The summed E-state index contributed by atoms with van der Waals surface area (Å²) < 4.78 is 0. The number of nitrogens with zero attached hydrogens (tertiary/aromatic N) is 1. The Morgan fingerprint density at radius 2 is 1.14 bits per heavy atom. The minimum Gasteiger partial charge on any atom is -0.231 e. The molecule has 2 fully saturated rings. The SMILES string of the molecule is C(#CC1CCCCC1)c1cccc(C#CC2CCCCC2)n1. The highest BCUT2D eigenvalue weighted by Gasteiger charge is 2.10. The normalized spacial score (nSPS) is 19.6. The highest BCUT2D eigenvalue weighted by atomic mass is 14.7. The number of hydrogen-bond acceptors (Lipinski definition) is 1. The second-order valence-electron chi connectivity index (χ2n) is 6.62. The van der Waals surface area contributed by atoms with Gasteiger partial charge in [0.1, 0.15) is 11.4 Å². The molecule has 0 atom stereocenters. The van der Waals surface area contributed by atoms with Gasteiger partial charge in [-0.2, -0.15) is 0 Å². The summed E-state index contributed by atoms with van der Waals surface area (Å²) in [6.07, 6.45) is 13.1. The van der Waals surface area contributed by atoms with Crippen molar-refractivity contribution in [2.75, 3.05) is 0 Å². The molecule has 0 aromatic carbocycles. The van der Waals surface area contributed by atoms with E-state index in [1.807, 2.05) is 18.2 Å². The summed E-state index contributed by atoms with van der Waals surface area (Å²) in [5.74, 6) is 14.5. The Balaban J connectivity index is 1.64. The molecule has 2 aliphatic rings. The average Bonchev–Trinajstić information content (AvgIpc) is 2.60. The molecular formula is C21H25N. The van der Waals surface area contributed by atoms with Crippen molar-refractivity contribution in [1.82, 2.24) is 4.98 Å². The molecule has 0 unspecified atom stereocenters. The first-order chi connectivity index (χ1) is 10.9. The summed E-state index contributed by atoms with van der Waals surface area (Å²) in [6.45, 7) is 0. The summed E-state index contributed by atoms with van der Waals surface area (Å²) in [7, 11) is 0. The van der Waals surface area contributed by atoms with Crippen LogP contribution in [0.25, 0.3) is 0 Å². The zero-order chi connectivity index (χ0) is 15.0. The highest BCUT2D eigenvalue weighted by Crippen LogP contribution is 2.23. The van der Waals surface area contributed by atoms with Crippen molar-refractivity contribution in [3.63, 3.8) is 0 Å². The average molecular weight is 291 g/mol. The van der Waals surface area contributed by atoms with E-state index in [0.717, 1.165) is 11.4 Å². The Morgan fingerprint density at radius 1 is 0.682 bits per heavy atom. The van der Waals surface area contributed by atoms with Gasteiger partial charge in [0.05, 0.1) is 0 Å². The lowest BCUT2D eigenvalue weighted by Gasteiger charge is -2.15. The first-order valence-electron chi connectivity index (χ1n) is 8.90. The minimum absolute atomic E-state index is 0.576. The van der Waals surface area contributed by atoms with E-state index in [1.54, 1.807) is 0 Å². The molecule has 0 aliphatic heterocycles. The summed E-state index contributed by atoms with van der Waals surface area (Å²) in [5.41, 5.74) is 1.75. The lowest BCUT2D eigenvalue weighted by molar-refractivity contribution is 0.430. The van der Waals surface area contributed by atoms with Crippen LogP contribution in [0.3, 0.4) is 0 Å². The zero-order valence-electron chi connectivity index (χ0n) is 13.4. The maximum absolute atomic E-state index is 4.59. The Bertz CT molecular complexity index is 545. The van der Waals surface area contributed by atoms with Gasteiger partial charge in [-0.25, -0.2) is 4.98 Å². The van der Waals surface area contributed by atoms with Gasteiger partial charge in [-0.1, -0.05) is 56.4 Å². The van der Waals surface area contributed by atoms with Crippen LogP contribution in [0.2, 0.25) is 0 Å². The van der Waals surface area contributed by atoms with Gasteiger partial charge in [0.15, 0.2) is 0 Å². The van der Waals surface area contributed by atoms with E-state index < -0.39 is 0 Å². The molecule has 0 amide bonds. The second kappa shape index (κ2) is 8.05. The van der Waals surface area contributed by atoms with Crippen LogP contribution in [-0.4, -0.2) is 4.98 Å². The summed E-state index contributed by atoms with van der Waals surface area (Å²) in [5, 5.41) is 0. The van der Waals surface area contributed by atoms with E-state index in [4.69, 9.17) is 0 Å². The fraction of sp³-hybridized carbons (Fsp3) is 0.571. The van der Waals surface area contributed by atoms with E-state index in [1.165, 1.54) is 64.2 Å². The standard InChI is InChI=1S/C21H25N/c1-3-8-18(9-4-1)14-16-20-12-7-13-21(22-20)17-15-19-10-5-2-6-11-19/h7,12-13,18-19H,1-6,8-11H2. The Kier molecular flexibility index (Phi) is 5.55. The molecule has 1 aromatic heterocycles. The van der Waals surface area contributed by atoms with Gasteiger partial charge in [-0.3, -0.25) is 0 Å². The molecule has 114 valence electrons. The molecule has 0 N–H and O–H groups in total. The van der Waals surface area contributed by atoms with Gasteiger partial charge in [0.2, 0.25) is 0 Å². The molecular weight excluding hydrogens is 266 g/mol. The first-order valence-corrected chi connectivity index (χ1v) is 8.90. The highest BCUT2D eigenvalue weighted by molar-refractivity contribution is 5.35. The summed E-state index contributed by atoms with van der Waals surface area (Å²) in [4.78, 5) is 4.59. The van der Waals surface area contributed by atoms with Crippen molar-refractivity contribution in [2.24, 2.45) is 11.8 Å². The van der Waals surface area contributed by atoms with Crippen LogP contribution in [-0.2, 0) is 0 Å². The van der Waals surface area contributed by atoms with Gasteiger partial charge in [-0.15, -0.1) is 0 Å². The van der Waals surface area contributed by atoms with E-state index in [9.17, 15) is 0 Å². The predicted molar refractivity (Wildman–Crippen MR) is 91.1 cm³/mol. The van der Waals surface area contributed by atoms with E-state index in [2.05, 4.69) is 28.7 Å². The maximum atomic E-state index is 4.59. The van der Waals surface area contributed by atoms with Crippen LogP contribution in [0, 0.1) is 35.5 Å². The molecule has 2 aliphatic carbocycles. The number of pyridine rings is 1. The van der Waals surface area contributed by atoms with E-state index in [0.29, 0.717) is 11.8 Å². The first kappa shape index (κ1) is 15.2. The van der Waals surface area contributed by atoms with Crippen LogP contribution < -0.4 is 0 Å². The van der Waals surface area contributed by atoms with Crippen LogP contribution in [0.4, 0.5) is 0 Å². The molecule has 22 heavy (non-hydrogen) atoms. The lowest BCUT2D eigenvalue weighted by Crippen LogP contribution is -2.03. The Labute approximate surface area is 134 Å². The van der Waals surface area contributed by atoms with E-state index >= 15 is 0 Å². The fourth-order valence-electron chi connectivity index (χ4n) is 3.42.